The van der Waals surface area contributed by atoms with E-state index in [1.807, 2.05) is 0 Å². The molecule has 0 fully saturated rings. The Bertz CT molecular complexity index is 350. The molecule has 0 aliphatic carbocycles. The lowest BCUT2D eigenvalue weighted by atomic mass is 10.1. The molecule has 3 nitrogen and oxygen atoms in total. The van der Waals surface area contributed by atoms with Crippen LogP contribution in [0.1, 0.15) is 15.9 Å². The van der Waals surface area contributed by atoms with Crippen LogP contribution in [0, 0.1) is 6.92 Å². The van der Waals surface area contributed by atoms with Crippen molar-refractivity contribution in [1.82, 2.24) is 0 Å². The number of nitrogens with two attached hydrogens (primary N) is 1. The number of amides is 1. The third-order valence-electron chi connectivity index (χ3n) is 1.76. The summed E-state index contributed by atoms with van der Waals surface area (Å²) in [6.45, 7) is 1.80. The molecule has 0 radical (unpaired) electrons. The molecule has 0 heterocycles. The van der Waals surface area contributed by atoms with E-state index in [9.17, 15) is 4.79 Å². The van der Waals surface area contributed by atoms with E-state index >= 15 is 0 Å². The summed E-state index contributed by atoms with van der Waals surface area (Å²) in [5.41, 5.74) is 6.20. The summed E-state index contributed by atoms with van der Waals surface area (Å²) in [4.78, 5) is 11.0. The van der Waals surface area contributed by atoms with Gasteiger partial charge in [0.05, 0.1) is 17.7 Å². The smallest absolute Gasteiger partial charge is 0.254 e. The number of hydrogen-bond donors (Lipinski definition) is 1. The summed E-state index contributed by atoms with van der Waals surface area (Å²) in [5.74, 6) is -0.173. The number of hydrogen-bond acceptors (Lipinski definition) is 2. The number of aryl methyl sites for hydroxylation is 1. The first-order valence-electron chi connectivity index (χ1n) is 3.70. The van der Waals surface area contributed by atoms with Gasteiger partial charge in [0.2, 0.25) is 0 Å². The summed E-state index contributed by atoms with van der Waals surface area (Å²) in [5, 5.41) is 0.354. The number of carbonyl (C=O) groups is 1. The standard InChI is InChI=1S/C9H10ClNO2/c1-5-3-4-6(13-2)7(8(5)10)9(11)12/h3-4H,1-2H3,(H2,11,12). The highest BCUT2D eigenvalue weighted by atomic mass is 35.5. The summed E-state index contributed by atoms with van der Waals surface area (Å²) in [7, 11) is 1.47. The highest BCUT2D eigenvalue weighted by molar-refractivity contribution is 6.34. The molecular formula is C9H10ClNO2. The molecule has 0 saturated carbocycles. The summed E-state index contributed by atoms with van der Waals surface area (Å²) >= 11 is 5.89. The Morgan fingerprint density at radius 2 is 2.15 bits per heavy atom. The molecule has 0 bridgehead atoms. The van der Waals surface area contributed by atoms with Crippen molar-refractivity contribution >= 4 is 17.5 Å². The molecule has 0 aliphatic rings. The number of halogens is 1. The first kappa shape index (κ1) is 9.86. The van der Waals surface area contributed by atoms with Crippen molar-refractivity contribution < 1.29 is 9.53 Å². The highest BCUT2D eigenvalue weighted by Crippen LogP contribution is 2.28. The second-order valence-corrected chi connectivity index (χ2v) is 3.02. The van der Waals surface area contributed by atoms with Gasteiger partial charge in [-0.05, 0) is 18.6 Å². The molecule has 2 N–H and O–H groups in total. The van der Waals surface area contributed by atoms with Crippen LogP contribution >= 0.6 is 11.6 Å². The summed E-state index contributed by atoms with van der Waals surface area (Å²) in [6.07, 6.45) is 0. The average Bonchev–Trinajstić information content (AvgIpc) is 2.08. The quantitative estimate of drug-likeness (QED) is 0.789. The minimum Gasteiger partial charge on any atom is -0.496 e. The van der Waals surface area contributed by atoms with Gasteiger partial charge in [0, 0.05) is 0 Å². The second-order valence-electron chi connectivity index (χ2n) is 2.64. The van der Waals surface area contributed by atoms with Crippen LogP contribution in [-0.2, 0) is 0 Å². The van der Waals surface area contributed by atoms with Crippen LogP contribution in [0.2, 0.25) is 5.02 Å². The fourth-order valence-electron chi connectivity index (χ4n) is 1.06. The summed E-state index contributed by atoms with van der Waals surface area (Å²) in [6, 6.07) is 3.44. The van der Waals surface area contributed by atoms with Crippen molar-refractivity contribution in [2.75, 3.05) is 7.11 Å². The monoisotopic (exact) mass is 199 g/mol. The zero-order valence-electron chi connectivity index (χ0n) is 7.43. The lowest BCUT2D eigenvalue weighted by Crippen LogP contribution is -2.13. The van der Waals surface area contributed by atoms with Crippen LogP contribution < -0.4 is 10.5 Å². The van der Waals surface area contributed by atoms with Gasteiger partial charge in [0.15, 0.2) is 0 Å². The van der Waals surface area contributed by atoms with Gasteiger partial charge in [-0.1, -0.05) is 17.7 Å². The van der Waals surface area contributed by atoms with Crippen LogP contribution in [0.5, 0.6) is 5.75 Å². The van der Waals surface area contributed by atoms with Gasteiger partial charge in [-0.2, -0.15) is 0 Å². The van der Waals surface area contributed by atoms with Gasteiger partial charge >= 0.3 is 0 Å². The zero-order valence-corrected chi connectivity index (χ0v) is 8.18. The normalized spacial score (nSPS) is 9.77. The number of ether oxygens (including phenoxy) is 1. The van der Waals surface area contributed by atoms with Crippen molar-refractivity contribution in [3.05, 3.63) is 28.3 Å². The van der Waals surface area contributed by atoms with Crippen LogP contribution in [0.4, 0.5) is 0 Å². The van der Waals surface area contributed by atoms with Gasteiger partial charge < -0.3 is 10.5 Å². The lowest BCUT2D eigenvalue weighted by Gasteiger charge is -2.08. The molecule has 70 valence electrons. The SMILES string of the molecule is COc1ccc(C)c(Cl)c1C(N)=O. The molecule has 0 aliphatic heterocycles. The Balaban J connectivity index is 3.41. The molecule has 1 aromatic carbocycles. The molecule has 13 heavy (non-hydrogen) atoms. The van der Waals surface area contributed by atoms with Crippen LogP contribution in [0.15, 0.2) is 12.1 Å². The Kier molecular flexibility index (Phi) is 2.78. The largest absolute Gasteiger partial charge is 0.496 e. The predicted octanol–water partition coefficient (Wildman–Crippen LogP) is 1.76. The molecule has 0 unspecified atom stereocenters. The molecule has 1 amide bonds. The van der Waals surface area contributed by atoms with Crippen molar-refractivity contribution in [3.63, 3.8) is 0 Å². The van der Waals surface area contributed by atoms with Crippen molar-refractivity contribution in [2.45, 2.75) is 6.92 Å². The van der Waals surface area contributed by atoms with E-state index in [0.717, 1.165) is 5.56 Å². The zero-order chi connectivity index (χ0) is 10.0. The number of methoxy groups -OCH3 is 1. The summed E-state index contributed by atoms with van der Waals surface area (Å²) < 4.78 is 4.96. The van der Waals surface area contributed by atoms with Gasteiger partial charge in [-0.25, -0.2) is 0 Å². The van der Waals surface area contributed by atoms with Gasteiger partial charge in [-0.3, -0.25) is 4.79 Å². The van der Waals surface area contributed by atoms with E-state index in [4.69, 9.17) is 22.1 Å². The molecule has 4 heteroatoms. The molecule has 1 aromatic rings. The van der Waals surface area contributed by atoms with Gasteiger partial charge in [-0.15, -0.1) is 0 Å². The van der Waals surface area contributed by atoms with Crippen molar-refractivity contribution in [1.29, 1.82) is 0 Å². The molecular weight excluding hydrogens is 190 g/mol. The van der Waals surface area contributed by atoms with E-state index in [2.05, 4.69) is 0 Å². The van der Waals surface area contributed by atoms with Crippen molar-refractivity contribution in [3.8, 4) is 5.75 Å². The molecule has 0 atom stereocenters. The van der Waals surface area contributed by atoms with E-state index < -0.39 is 5.91 Å². The van der Waals surface area contributed by atoms with Crippen molar-refractivity contribution in [2.24, 2.45) is 5.73 Å². The number of benzene rings is 1. The van der Waals surface area contributed by atoms with E-state index in [1.165, 1.54) is 7.11 Å². The lowest BCUT2D eigenvalue weighted by molar-refractivity contribution is 0.0997. The van der Waals surface area contributed by atoms with E-state index in [1.54, 1.807) is 19.1 Å². The molecule has 0 spiro atoms. The van der Waals surface area contributed by atoms with Gasteiger partial charge in [0.25, 0.3) is 5.91 Å². The third-order valence-corrected chi connectivity index (χ3v) is 2.25. The fraction of sp³-hybridized carbons (Fsp3) is 0.222. The topological polar surface area (TPSA) is 52.3 Å². The number of primary amides is 1. The van der Waals surface area contributed by atoms with Crippen LogP contribution in [0.25, 0.3) is 0 Å². The Hall–Kier alpha value is -1.22. The third kappa shape index (κ3) is 1.75. The van der Waals surface area contributed by atoms with Gasteiger partial charge in [0.1, 0.15) is 5.75 Å². The minimum atomic E-state index is -0.578. The van der Waals surface area contributed by atoms with E-state index in [-0.39, 0.29) is 5.56 Å². The predicted molar refractivity (Wildman–Crippen MR) is 51.3 cm³/mol. The average molecular weight is 200 g/mol. The highest BCUT2D eigenvalue weighted by Gasteiger charge is 2.14. The molecule has 0 saturated heterocycles. The first-order valence-corrected chi connectivity index (χ1v) is 4.08. The molecule has 1 rings (SSSR count). The Morgan fingerprint density at radius 3 is 2.62 bits per heavy atom. The maximum absolute atomic E-state index is 11.0. The minimum absolute atomic E-state index is 0.240. The number of carbonyl (C=O) groups excluding carboxylic acids is 1. The second kappa shape index (κ2) is 3.66. The van der Waals surface area contributed by atoms with E-state index in [0.29, 0.717) is 10.8 Å². The maximum Gasteiger partial charge on any atom is 0.254 e. The Labute approximate surface area is 81.4 Å². The number of rotatable bonds is 2. The Morgan fingerprint density at radius 1 is 1.54 bits per heavy atom. The fourth-order valence-corrected chi connectivity index (χ4v) is 1.31. The maximum atomic E-state index is 11.0. The molecule has 0 aromatic heterocycles. The van der Waals surface area contributed by atoms with Crippen LogP contribution in [0.3, 0.4) is 0 Å². The first-order chi connectivity index (χ1) is 6.07. The van der Waals surface area contributed by atoms with Crippen LogP contribution in [-0.4, -0.2) is 13.0 Å².